The van der Waals surface area contributed by atoms with E-state index in [4.69, 9.17) is 11.6 Å². The van der Waals surface area contributed by atoms with Crippen molar-refractivity contribution >= 4 is 22.8 Å². The highest BCUT2D eigenvalue weighted by Gasteiger charge is 2.08. The van der Waals surface area contributed by atoms with Crippen LogP contribution in [0.4, 0.5) is 0 Å². The lowest BCUT2D eigenvalue weighted by molar-refractivity contribution is 0.932. The summed E-state index contributed by atoms with van der Waals surface area (Å²) in [6, 6.07) is 12.1. The lowest BCUT2D eigenvalue weighted by atomic mass is 10.1. The molecular formula is C13H10ClN3. The maximum atomic E-state index is 5.96. The van der Waals surface area contributed by atoms with Crippen molar-refractivity contribution in [3.05, 3.63) is 47.9 Å². The molecule has 0 saturated heterocycles. The van der Waals surface area contributed by atoms with E-state index in [1.165, 1.54) is 0 Å². The van der Waals surface area contributed by atoms with Gasteiger partial charge >= 0.3 is 0 Å². The zero-order chi connectivity index (χ0) is 11.8. The monoisotopic (exact) mass is 243 g/mol. The van der Waals surface area contributed by atoms with Crippen LogP contribution in [0, 0.1) is 0 Å². The van der Waals surface area contributed by atoms with Crippen LogP contribution < -0.4 is 0 Å². The molecule has 3 rings (SSSR count). The van der Waals surface area contributed by atoms with E-state index in [0.717, 1.165) is 22.3 Å². The van der Waals surface area contributed by atoms with E-state index >= 15 is 0 Å². The van der Waals surface area contributed by atoms with E-state index in [9.17, 15) is 0 Å². The molecule has 0 radical (unpaired) electrons. The van der Waals surface area contributed by atoms with Crippen molar-refractivity contribution in [1.29, 1.82) is 0 Å². The highest BCUT2D eigenvalue weighted by molar-refractivity contribution is 6.29. The zero-order valence-electron chi connectivity index (χ0n) is 9.26. The Morgan fingerprint density at radius 3 is 2.65 bits per heavy atom. The van der Waals surface area contributed by atoms with Crippen LogP contribution in [0.1, 0.15) is 0 Å². The molecule has 0 atom stereocenters. The molecule has 0 unspecified atom stereocenters. The quantitative estimate of drug-likeness (QED) is 0.657. The van der Waals surface area contributed by atoms with Gasteiger partial charge in [-0.3, -0.25) is 0 Å². The smallest absolute Gasteiger partial charge is 0.204 e. The summed E-state index contributed by atoms with van der Waals surface area (Å²) in [5.41, 5.74) is 3.80. The maximum Gasteiger partial charge on any atom is 0.204 e. The number of pyridine rings is 1. The summed E-state index contributed by atoms with van der Waals surface area (Å²) in [4.78, 5) is 8.66. The Morgan fingerprint density at radius 1 is 1.12 bits per heavy atom. The summed E-state index contributed by atoms with van der Waals surface area (Å²) < 4.78 is 1.77. The predicted molar refractivity (Wildman–Crippen MR) is 69.0 cm³/mol. The Morgan fingerprint density at radius 2 is 1.88 bits per heavy atom. The van der Waals surface area contributed by atoms with Gasteiger partial charge in [0.2, 0.25) is 5.28 Å². The van der Waals surface area contributed by atoms with Crippen molar-refractivity contribution in [1.82, 2.24) is 14.5 Å². The van der Waals surface area contributed by atoms with Crippen molar-refractivity contribution in [2.24, 2.45) is 7.05 Å². The van der Waals surface area contributed by atoms with Gasteiger partial charge in [-0.2, -0.15) is 0 Å². The molecule has 2 heterocycles. The molecule has 3 aromatic rings. The Balaban J connectivity index is 2.21. The molecule has 4 heteroatoms. The van der Waals surface area contributed by atoms with Crippen LogP contribution >= 0.6 is 11.6 Å². The van der Waals surface area contributed by atoms with Gasteiger partial charge in [0.25, 0.3) is 0 Å². The van der Waals surface area contributed by atoms with Gasteiger partial charge in [-0.05, 0) is 23.2 Å². The fourth-order valence-electron chi connectivity index (χ4n) is 1.84. The summed E-state index contributed by atoms with van der Waals surface area (Å²) in [5, 5.41) is 0.456. The summed E-state index contributed by atoms with van der Waals surface area (Å²) in [6.07, 6.45) is 1.84. The Hall–Kier alpha value is -1.87. The van der Waals surface area contributed by atoms with Crippen LogP contribution in [-0.4, -0.2) is 14.5 Å². The van der Waals surface area contributed by atoms with Gasteiger partial charge < -0.3 is 4.57 Å². The number of hydrogen-bond acceptors (Lipinski definition) is 2. The van der Waals surface area contributed by atoms with Crippen molar-refractivity contribution in [2.45, 2.75) is 0 Å². The number of rotatable bonds is 1. The third-order valence-corrected chi connectivity index (χ3v) is 3.10. The second-order valence-electron chi connectivity index (χ2n) is 3.87. The van der Waals surface area contributed by atoms with E-state index < -0.39 is 0 Å². The average Bonchev–Trinajstić information content (AvgIpc) is 2.66. The summed E-state index contributed by atoms with van der Waals surface area (Å²) in [6.45, 7) is 0. The van der Waals surface area contributed by atoms with Gasteiger partial charge in [0, 0.05) is 18.8 Å². The molecule has 3 nitrogen and oxygen atoms in total. The molecular weight excluding hydrogens is 234 g/mol. The van der Waals surface area contributed by atoms with Gasteiger partial charge in [0.15, 0.2) is 5.65 Å². The highest BCUT2D eigenvalue weighted by atomic mass is 35.5. The highest BCUT2D eigenvalue weighted by Crippen LogP contribution is 2.23. The van der Waals surface area contributed by atoms with E-state index in [1.54, 1.807) is 4.57 Å². The normalized spacial score (nSPS) is 10.9. The van der Waals surface area contributed by atoms with E-state index in [0.29, 0.717) is 5.28 Å². The number of nitrogens with zero attached hydrogens (tertiary/aromatic N) is 3. The molecule has 0 spiro atoms. The second kappa shape index (κ2) is 3.86. The van der Waals surface area contributed by atoms with Crippen molar-refractivity contribution < 1.29 is 0 Å². The van der Waals surface area contributed by atoms with Crippen molar-refractivity contribution in [3.63, 3.8) is 0 Å². The van der Waals surface area contributed by atoms with Crippen LogP contribution in [0.25, 0.3) is 22.3 Å². The number of benzene rings is 1. The number of aryl methyl sites for hydroxylation is 1. The van der Waals surface area contributed by atoms with Crippen molar-refractivity contribution in [3.8, 4) is 11.1 Å². The van der Waals surface area contributed by atoms with Gasteiger partial charge in [-0.25, -0.2) is 9.97 Å². The Labute approximate surface area is 104 Å². The van der Waals surface area contributed by atoms with Gasteiger partial charge in [-0.15, -0.1) is 0 Å². The summed E-state index contributed by atoms with van der Waals surface area (Å²) in [7, 11) is 1.85. The fraction of sp³-hybridized carbons (Fsp3) is 0.0769. The zero-order valence-corrected chi connectivity index (χ0v) is 10.0. The Bertz CT molecular complexity index is 674. The van der Waals surface area contributed by atoms with E-state index in [1.807, 2.05) is 49.6 Å². The number of imidazole rings is 1. The van der Waals surface area contributed by atoms with Crippen LogP contribution in [0.5, 0.6) is 0 Å². The molecule has 2 aromatic heterocycles. The van der Waals surface area contributed by atoms with Gasteiger partial charge in [0.1, 0.15) is 5.52 Å². The maximum absolute atomic E-state index is 5.96. The molecule has 1 aromatic carbocycles. The summed E-state index contributed by atoms with van der Waals surface area (Å²) >= 11 is 5.96. The minimum absolute atomic E-state index is 0.456. The van der Waals surface area contributed by atoms with E-state index in [-0.39, 0.29) is 0 Å². The molecule has 17 heavy (non-hydrogen) atoms. The largest absolute Gasteiger partial charge is 0.302 e. The number of aromatic nitrogens is 3. The van der Waals surface area contributed by atoms with Crippen LogP contribution in [0.2, 0.25) is 5.28 Å². The van der Waals surface area contributed by atoms with Crippen molar-refractivity contribution in [2.75, 3.05) is 0 Å². The van der Waals surface area contributed by atoms with Gasteiger partial charge in [0.05, 0.1) is 0 Å². The topological polar surface area (TPSA) is 30.7 Å². The van der Waals surface area contributed by atoms with Crippen LogP contribution in [0.3, 0.4) is 0 Å². The second-order valence-corrected chi connectivity index (χ2v) is 4.21. The first-order valence-electron chi connectivity index (χ1n) is 5.29. The number of hydrogen-bond donors (Lipinski definition) is 0. The first-order chi connectivity index (χ1) is 8.25. The third kappa shape index (κ3) is 1.68. The SMILES string of the molecule is Cn1c(Cl)nc2cc(-c3ccccc3)cnc21. The molecule has 0 bridgehead atoms. The van der Waals surface area contributed by atoms with Crippen LogP contribution in [-0.2, 0) is 7.05 Å². The summed E-state index contributed by atoms with van der Waals surface area (Å²) in [5.74, 6) is 0. The number of halogens is 1. The van der Waals surface area contributed by atoms with Gasteiger partial charge in [-0.1, -0.05) is 30.3 Å². The minimum atomic E-state index is 0.456. The standard InChI is InChI=1S/C13H10ClN3/c1-17-12-11(16-13(17)14)7-10(8-15-12)9-5-3-2-4-6-9/h2-8H,1H3. The molecule has 0 aliphatic rings. The minimum Gasteiger partial charge on any atom is -0.302 e. The predicted octanol–water partition coefficient (Wildman–Crippen LogP) is 3.29. The molecule has 0 amide bonds. The van der Waals surface area contributed by atoms with Crippen LogP contribution in [0.15, 0.2) is 42.6 Å². The first-order valence-corrected chi connectivity index (χ1v) is 5.67. The molecule has 0 saturated carbocycles. The molecule has 0 fully saturated rings. The average molecular weight is 244 g/mol. The first kappa shape index (κ1) is 10.3. The Kier molecular flexibility index (Phi) is 2.34. The molecule has 0 aliphatic heterocycles. The third-order valence-electron chi connectivity index (χ3n) is 2.76. The lowest BCUT2D eigenvalue weighted by Gasteiger charge is -2.00. The lowest BCUT2D eigenvalue weighted by Crippen LogP contribution is -1.89. The molecule has 0 N–H and O–H groups in total. The molecule has 84 valence electrons. The molecule has 0 aliphatic carbocycles. The fourth-order valence-corrected chi connectivity index (χ4v) is 2.01. The number of fused-ring (bicyclic) bond motifs is 1. The van der Waals surface area contributed by atoms with E-state index in [2.05, 4.69) is 9.97 Å².